The highest BCUT2D eigenvalue weighted by Gasteiger charge is 2.50. The first-order chi connectivity index (χ1) is 6.06. The average Bonchev–Trinajstić information content (AvgIpc) is 2.75. The molecule has 1 aliphatic rings. The van der Waals surface area contributed by atoms with Crippen LogP contribution in [-0.2, 0) is 12.5 Å². The second-order valence-electron chi connectivity index (χ2n) is 4.13. The molecule has 1 fully saturated rings. The monoisotopic (exact) mass is 180 g/mol. The van der Waals surface area contributed by atoms with Crippen molar-refractivity contribution in [1.29, 1.82) is 0 Å². The molecule has 2 rings (SSSR count). The molecule has 1 unspecified atom stereocenters. The number of aliphatic hydroxyl groups is 1. The molecule has 0 aromatic carbocycles. The number of aromatic nitrogens is 2. The predicted octanol–water partition coefficient (Wildman–Crippen LogP) is 1.14. The maximum Gasteiger partial charge on any atom is 0.0623 e. The summed E-state index contributed by atoms with van der Waals surface area (Å²) in [6, 6.07) is 2.08. The lowest BCUT2D eigenvalue weighted by Gasteiger charge is -2.18. The van der Waals surface area contributed by atoms with E-state index in [0.29, 0.717) is 0 Å². The fraction of sp³-hybridized carbons (Fsp3) is 0.700. The second kappa shape index (κ2) is 2.58. The lowest BCUT2D eigenvalue weighted by atomic mass is 9.96. The summed E-state index contributed by atoms with van der Waals surface area (Å²) >= 11 is 0. The third-order valence-corrected chi connectivity index (χ3v) is 3.10. The molecule has 1 saturated carbocycles. The van der Waals surface area contributed by atoms with Crippen LogP contribution in [0.25, 0.3) is 0 Å². The van der Waals surface area contributed by atoms with E-state index >= 15 is 0 Å². The lowest BCUT2D eigenvalue weighted by Crippen LogP contribution is -2.25. The van der Waals surface area contributed by atoms with Crippen molar-refractivity contribution in [1.82, 2.24) is 9.78 Å². The molecule has 0 radical (unpaired) electrons. The van der Waals surface area contributed by atoms with Gasteiger partial charge in [0.05, 0.1) is 11.8 Å². The fourth-order valence-corrected chi connectivity index (χ4v) is 2.10. The third-order valence-electron chi connectivity index (χ3n) is 3.10. The van der Waals surface area contributed by atoms with Gasteiger partial charge in [-0.1, -0.05) is 0 Å². The van der Waals surface area contributed by atoms with Crippen LogP contribution in [0, 0.1) is 6.92 Å². The van der Waals surface area contributed by atoms with E-state index in [4.69, 9.17) is 0 Å². The van der Waals surface area contributed by atoms with E-state index in [2.05, 4.69) is 11.2 Å². The number of aliphatic hydroxyl groups excluding tert-OH is 1. The van der Waals surface area contributed by atoms with Crippen LogP contribution in [0.5, 0.6) is 0 Å². The summed E-state index contributed by atoms with van der Waals surface area (Å²) in [5, 5.41) is 14.0. The van der Waals surface area contributed by atoms with Crippen LogP contribution >= 0.6 is 0 Å². The normalized spacial score (nSPS) is 21.5. The molecule has 3 heteroatoms. The summed E-state index contributed by atoms with van der Waals surface area (Å²) in [5.41, 5.74) is 2.22. The smallest absolute Gasteiger partial charge is 0.0623 e. The molecule has 1 aliphatic carbocycles. The Kier molecular flexibility index (Phi) is 1.74. The number of hydrogen-bond donors (Lipinski definition) is 1. The Bertz CT molecular complexity index is 324. The Morgan fingerprint density at radius 1 is 1.62 bits per heavy atom. The van der Waals surface area contributed by atoms with Gasteiger partial charge in [0.15, 0.2) is 0 Å². The molecular formula is C10H16N2O. The number of hydrogen-bond acceptors (Lipinski definition) is 2. The highest BCUT2D eigenvalue weighted by molar-refractivity contribution is 5.28. The quantitative estimate of drug-likeness (QED) is 0.741. The highest BCUT2D eigenvalue weighted by atomic mass is 16.3. The minimum atomic E-state index is -0.262. The van der Waals surface area contributed by atoms with Crippen molar-refractivity contribution in [3.63, 3.8) is 0 Å². The molecule has 0 amide bonds. The van der Waals surface area contributed by atoms with Gasteiger partial charge < -0.3 is 5.11 Å². The minimum Gasteiger partial charge on any atom is -0.392 e. The Hall–Kier alpha value is -0.830. The predicted molar refractivity (Wildman–Crippen MR) is 50.5 cm³/mol. The van der Waals surface area contributed by atoms with Crippen molar-refractivity contribution in [3.8, 4) is 0 Å². The lowest BCUT2D eigenvalue weighted by molar-refractivity contribution is 0.146. The zero-order chi connectivity index (χ0) is 9.64. The molecule has 3 nitrogen and oxygen atoms in total. The summed E-state index contributed by atoms with van der Waals surface area (Å²) in [6.45, 7) is 3.86. The molecule has 1 aromatic heterocycles. The molecule has 72 valence electrons. The van der Waals surface area contributed by atoms with Crippen LogP contribution in [0.15, 0.2) is 6.07 Å². The van der Waals surface area contributed by atoms with E-state index in [1.54, 1.807) is 0 Å². The minimum absolute atomic E-state index is 0.00993. The Balaban J connectivity index is 2.40. The summed E-state index contributed by atoms with van der Waals surface area (Å²) in [4.78, 5) is 0. The molecule has 13 heavy (non-hydrogen) atoms. The van der Waals surface area contributed by atoms with Crippen LogP contribution < -0.4 is 0 Å². The summed E-state index contributed by atoms with van der Waals surface area (Å²) in [6.07, 6.45) is 1.91. The molecule has 1 aromatic rings. The maximum atomic E-state index is 9.69. The van der Waals surface area contributed by atoms with E-state index in [1.807, 2.05) is 25.6 Å². The van der Waals surface area contributed by atoms with Crippen molar-refractivity contribution < 1.29 is 5.11 Å². The van der Waals surface area contributed by atoms with Crippen LogP contribution in [0.3, 0.4) is 0 Å². The van der Waals surface area contributed by atoms with Crippen LogP contribution in [0.4, 0.5) is 0 Å². The van der Waals surface area contributed by atoms with Gasteiger partial charge in [-0.25, -0.2) is 0 Å². The van der Waals surface area contributed by atoms with E-state index in [-0.39, 0.29) is 11.5 Å². The van der Waals surface area contributed by atoms with Crippen LogP contribution in [0.1, 0.15) is 31.2 Å². The highest BCUT2D eigenvalue weighted by Crippen LogP contribution is 2.50. The van der Waals surface area contributed by atoms with Gasteiger partial charge >= 0.3 is 0 Å². The van der Waals surface area contributed by atoms with E-state index in [9.17, 15) is 5.11 Å². The zero-order valence-electron chi connectivity index (χ0n) is 8.41. The topological polar surface area (TPSA) is 38.0 Å². The molecule has 0 aliphatic heterocycles. The number of aryl methyl sites for hydroxylation is 2. The third kappa shape index (κ3) is 1.18. The molecule has 0 bridgehead atoms. The van der Waals surface area contributed by atoms with Gasteiger partial charge in [-0.3, -0.25) is 4.68 Å². The van der Waals surface area contributed by atoms with Gasteiger partial charge in [0, 0.05) is 18.2 Å². The Morgan fingerprint density at radius 3 is 2.54 bits per heavy atom. The molecule has 1 N–H and O–H groups in total. The van der Waals surface area contributed by atoms with Gasteiger partial charge in [0.2, 0.25) is 0 Å². The average molecular weight is 180 g/mol. The molecular weight excluding hydrogens is 164 g/mol. The van der Waals surface area contributed by atoms with E-state index in [0.717, 1.165) is 18.5 Å². The van der Waals surface area contributed by atoms with Gasteiger partial charge in [0.1, 0.15) is 0 Å². The van der Waals surface area contributed by atoms with Crippen molar-refractivity contribution >= 4 is 0 Å². The van der Waals surface area contributed by atoms with Gasteiger partial charge in [-0.05, 0) is 32.8 Å². The van der Waals surface area contributed by atoms with Gasteiger partial charge in [0.25, 0.3) is 0 Å². The summed E-state index contributed by atoms with van der Waals surface area (Å²) in [5.74, 6) is 0. The first-order valence-electron chi connectivity index (χ1n) is 4.75. The number of nitrogens with zero attached hydrogens (tertiary/aromatic N) is 2. The molecule has 0 saturated heterocycles. The standard InChI is InChI=1S/C10H16N2O/c1-7-6-9(12(3)11-7)10(4-5-10)8(2)13/h6,8,13H,4-5H2,1-3H3. The van der Waals surface area contributed by atoms with Crippen molar-refractivity contribution in [2.45, 2.75) is 38.2 Å². The number of rotatable bonds is 2. The van der Waals surface area contributed by atoms with Gasteiger partial charge in [-0.2, -0.15) is 5.10 Å². The van der Waals surface area contributed by atoms with E-state index in [1.165, 1.54) is 5.69 Å². The van der Waals surface area contributed by atoms with E-state index < -0.39 is 0 Å². The summed E-state index contributed by atoms with van der Waals surface area (Å²) in [7, 11) is 1.95. The zero-order valence-corrected chi connectivity index (χ0v) is 8.41. The van der Waals surface area contributed by atoms with Gasteiger partial charge in [-0.15, -0.1) is 0 Å². The maximum absolute atomic E-state index is 9.69. The SMILES string of the molecule is Cc1cc(C2(C(C)O)CC2)n(C)n1. The first kappa shape index (κ1) is 8.75. The summed E-state index contributed by atoms with van der Waals surface area (Å²) < 4.78 is 1.90. The van der Waals surface area contributed by atoms with Crippen LogP contribution in [-0.4, -0.2) is 21.0 Å². The Morgan fingerprint density at radius 2 is 2.23 bits per heavy atom. The first-order valence-corrected chi connectivity index (χ1v) is 4.75. The van der Waals surface area contributed by atoms with Crippen LogP contribution in [0.2, 0.25) is 0 Å². The molecule has 0 spiro atoms. The fourth-order valence-electron chi connectivity index (χ4n) is 2.10. The van der Waals surface area contributed by atoms with Crippen molar-refractivity contribution in [2.24, 2.45) is 7.05 Å². The molecule has 1 heterocycles. The second-order valence-corrected chi connectivity index (χ2v) is 4.13. The van der Waals surface area contributed by atoms with Crippen molar-refractivity contribution in [3.05, 3.63) is 17.5 Å². The van der Waals surface area contributed by atoms with Crippen molar-refractivity contribution in [2.75, 3.05) is 0 Å². The molecule has 1 atom stereocenters. The Labute approximate surface area is 78.4 Å². The largest absolute Gasteiger partial charge is 0.392 e.